The average Bonchev–Trinajstić information content (AvgIpc) is 2.76. The van der Waals surface area contributed by atoms with Crippen molar-refractivity contribution in [1.29, 1.82) is 0 Å². The molecule has 0 bridgehead atoms. The van der Waals surface area contributed by atoms with Crippen LogP contribution >= 0.6 is 0 Å². The summed E-state index contributed by atoms with van der Waals surface area (Å²) < 4.78 is 0. The van der Waals surface area contributed by atoms with Gasteiger partial charge in [0.05, 0.1) is 12.5 Å². The van der Waals surface area contributed by atoms with Crippen LogP contribution in [0.25, 0.3) is 0 Å². The number of primary amides is 1. The summed E-state index contributed by atoms with van der Waals surface area (Å²) in [5, 5.41) is 26.1. The molecule has 1 aromatic carbocycles. The molecule has 0 saturated heterocycles. The van der Waals surface area contributed by atoms with Gasteiger partial charge in [-0.25, -0.2) is 4.79 Å². The molecular formula is C24H37N5O7. The molecular weight excluding hydrogens is 470 g/mol. The van der Waals surface area contributed by atoms with Crippen LogP contribution in [0.15, 0.2) is 24.3 Å². The van der Waals surface area contributed by atoms with E-state index < -0.39 is 66.1 Å². The van der Waals surface area contributed by atoms with E-state index in [1.807, 2.05) is 13.8 Å². The maximum absolute atomic E-state index is 13.1. The lowest BCUT2D eigenvalue weighted by Crippen LogP contribution is -2.59. The number of nitrogens with two attached hydrogens (primary N) is 2. The summed E-state index contributed by atoms with van der Waals surface area (Å²) in [5.41, 5.74) is 11.8. The molecule has 0 spiro atoms. The number of phenolic OH excluding ortho intramolecular Hbond substituents is 1. The lowest BCUT2D eigenvalue weighted by atomic mass is 9.99. The van der Waals surface area contributed by atoms with E-state index in [9.17, 15) is 34.2 Å². The van der Waals surface area contributed by atoms with Crippen LogP contribution in [-0.4, -0.2) is 64.0 Å². The third kappa shape index (κ3) is 10.3. The Bertz CT molecular complexity index is 933. The average molecular weight is 508 g/mol. The summed E-state index contributed by atoms with van der Waals surface area (Å²) in [7, 11) is 0. The van der Waals surface area contributed by atoms with E-state index in [0.717, 1.165) is 5.56 Å². The van der Waals surface area contributed by atoms with Crippen LogP contribution in [0.5, 0.6) is 5.75 Å². The highest BCUT2D eigenvalue weighted by molar-refractivity contribution is 5.95. The summed E-state index contributed by atoms with van der Waals surface area (Å²) in [6, 6.07) is 1.57. The molecule has 0 aliphatic carbocycles. The number of hydrogen-bond acceptors (Lipinski definition) is 7. The normalized spacial score (nSPS) is 14.4. The van der Waals surface area contributed by atoms with Crippen molar-refractivity contribution in [2.45, 2.75) is 71.1 Å². The van der Waals surface area contributed by atoms with Crippen LogP contribution < -0.4 is 27.4 Å². The van der Waals surface area contributed by atoms with Crippen LogP contribution in [0, 0.1) is 11.8 Å². The molecule has 12 nitrogen and oxygen atoms in total. The number of nitrogens with one attached hydrogen (secondary N) is 3. The number of carbonyl (C=O) groups is 5. The molecule has 4 atom stereocenters. The molecule has 0 saturated carbocycles. The number of hydrogen-bond donors (Lipinski definition) is 7. The SMILES string of the molecule is CC(C)C[C@H](NC(=O)[C@@H](N)Cc1ccc(O)cc1)C(=O)N[C@H](C(=O)N[C@@H](CC(N)=O)C(=O)O)C(C)C. The number of amides is 4. The lowest BCUT2D eigenvalue weighted by molar-refractivity contribution is -0.144. The first-order valence-corrected chi connectivity index (χ1v) is 11.7. The van der Waals surface area contributed by atoms with Crippen LogP contribution in [-0.2, 0) is 30.4 Å². The first-order chi connectivity index (χ1) is 16.7. The Hall–Kier alpha value is -3.67. The fourth-order valence-electron chi connectivity index (χ4n) is 3.41. The molecule has 0 radical (unpaired) electrons. The number of aromatic hydroxyl groups is 1. The minimum absolute atomic E-state index is 0.00709. The Morgan fingerprint density at radius 1 is 0.861 bits per heavy atom. The summed E-state index contributed by atoms with van der Waals surface area (Å²) in [6.45, 7) is 7.02. The van der Waals surface area contributed by atoms with E-state index >= 15 is 0 Å². The largest absolute Gasteiger partial charge is 0.508 e. The van der Waals surface area contributed by atoms with Gasteiger partial charge in [-0.1, -0.05) is 39.8 Å². The van der Waals surface area contributed by atoms with Crippen molar-refractivity contribution >= 4 is 29.6 Å². The van der Waals surface area contributed by atoms with Crippen LogP contribution in [0.3, 0.4) is 0 Å². The highest BCUT2D eigenvalue weighted by atomic mass is 16.4. The van der Waals surface area contributed by atoms with Crippen molar-refractivity contribution in [1.82, 2.24) is 16.0 Å². The molecule has 9 N–H and O–H groups in total. The summed E-state index contributed by atoms with van der Waals surface area (Å²) >= 11 is 0. The second kappa shape index (κ2) is 14.0. The van der Waals surface area contributed by atoms with Crippen molar-refractivity contribution in [2.75, 3.05) is 0 Å². The standard InChI is InChI=1S/C24H37N5O7/c1-12(2)9-17(27-21(32)16(25)10-14-5-7-15(30)8-6-14)22(33)29-20(13(3)4)23(34)28-18(24(35)36)11-19(26)31/h5-8,12-13,16-18,20,30H,9-11,25H2,1-4H3,(H2,26,31)(H,27,32)(H,28,34)(H,29,33)(H,35,36)/t16-,17-,18-,20-/m0/s1. The second-order valence-electron chi connectivity index (χ2n) is 9.47. The van der Waals surface area contributed by atoms with Crippen LogP contribution in [0.2, 0.25) is 0 Å². The van der Waals surface area contributed by atoms with Gasteiger partial charge in [0.15, 0.2) is 0 Å². The van der Waals surface area contributed by atoms with Gasteiger partial charge in [0, 0.05) is 0 Å². The highest BCUT2D eigenvalue weighted by Crippen LogP contribution is 2.12. The Balaban J connectivity index is 2.94. The van der Waals surface area contributed by atoms with Gasteiger partial charge in [0.1, 0.15) is 23.9 Å². The third-order valence-corrected chi connectivity index (χ3v) is 5.34. The smallest absolute Gasteiger partial charge is 0.326 e. The molecule has 0 aliphatic heterocycles. The molecule has 0 heterocycles. The van der Waals surface area contributed by atoms with Gasteiger partial charge in [-0.15, -0.1) is 0 Å². The topological polar surface area (TPSA) is 214 Å². The van der Waals surface area contributed by atoms with Gasteiger partial charge >= 0.3 is 5.97 Å². The maximum Gasteiger partial charge on any atom is 0.326 e. The summed E-state index contributed by atoms with van der Waals surface area (Å²) in [4.78, 5) is 61.1. The van der Waals surface area contributed by atoms with Gasteiger partial charge in [-0.3, -0.25) is 19.2 Å². The fourth-order valence-corrected chi connectivity index (χ4v) is 3.41. The van der Waals surface area contributed by atoms with Gasteiger partial charge in [-0.2, -0.15) is 0 Å². The predicted octanol–water partition coefficient (Wildman–Crippen LogP) is -0.621. The van der Waals surface area contributed by atoms with E-state index in [2.05, 4.69) is 16.0 Å². The maximum atomic E-state index is 13.1. The van der Waals surface area contributed by atoms with Gasteiger partial charge < -0.3 is 37.6 Å². The number of aliphatic carboxylic acids is 1. The van der Waals surface area contributed by atoms with Crippen LogP contribution in [0.1, 0.15) is 46.1 Å². The van der Waals surface area contributed by atoms with Crippen molar-refractivity contribution in [3.05, 3.63) is 29.8 Å². The molecule has 0 unspecified atom stereocenters. The number of phenols is 1. The molecule has 200 valence electrons. The Morgan fingerprint density at radius 3 is 1.89 bits per heavy atom. The quantitative estimate of drug-likeness (QED) is 0.172. The molecule has 1 rings (SSSR count). The molecule has 0 fully saturated rings. The van der Waals surface area contributed by atoms with E-state index in [1.165, 1.54) is 12.1 Å². The third-order valence-electron chi connectivity index (χ3n) is 5.34. The first kappa shape index (κ1) is 30.4. The molecule has 1 aromatic rings. The Kier molecular flexibility index (Phi) is 11.8. The monoisotopic (exact) mass is 507 g/mol. The number of carbonyl (C=O) groups excluding carboxylic acids is 4. The fraction of sp³-hybridized carbons (Fsp3) is 0.542. The van der Waals surface area contributed by atoms with E-state index in [-0.39, 0.29) is 24.5 Å². The van der Waals surface area contributed by atoms with Gasteiger partial charge in [0.25, 0.3) is 0 Å². The number of rotatable bonds is 14. The number of benzene rings is 1. The zero-order chi connectivity index (χ0) is 27.6. The molecule has 12 heteroatoms. The van der Waals surface area contributed by atoms with Crippen molar-refractivity contribution in [2.24, 2.45) is 23.3 Å². The van der Waals surface area contributed by atoms with Crippen molar-refractivity contribution in [3.8, 4) is 5.75 Å². The lowest BCUT2D eigenvalue weighted by Gasteiger charge is -2.27. The molecule has 36 heavy (non-hydrogen) atoms. The number of carboxylic acids is 1. The second-order valence-corrected chi connectivity index (χ2v) is 9.47. The first-order valence-electron chi connectivity index (χ1n) is 11.7. The molecule has 0 aliphatic rings. The van der Waals surface area contributed by atoms with E-state index in [1.54, 1.807) is 26.0 Å². The van der Waals surface area contributed by atoms with Gasteiger partial charge in [-0.05, 0) is 42.4 Å². The molecule has 0 aromatic heterocycles. The summed E-state index contributed by atoms with van der Waals surface area (Å²) in [5.74, 6) is -4.70. The minimum Gasteiger partial charge on any atom is -0.508 e. The zero-order valence-electron chi connectivity index (χ0n) is 21.0. The Labute approximate surface area is 210 Å². The summed E-state index contributed by atoms with van der Waals surface area (Å²) in [6.07, 6.45) is -0.171. The van der Waals surface area contributed by atoms with Crippen molar-refractivity contribution < 1.29 is 34.2 Å². The highest BCUT2D eigenvalue weighted by Gasteiger charge is 2.32. The van der Waals surface area contributed by atoms with Crippen molar-refractivity contribution in [3.63, 3.8) is 0 Å². The predicted molar refractivity (Wildman–Crippen MR) is 131 cm³/mol. The zero-order valence-corrected chi connectivity index (χ0v) is 21.0. The minimum atomic E-state index is -1.54. The molecule has 4 amide bonds. The Morgan fingerprint density at radius 2 is 1.42 bits per heavy atom. The van der Waals surface area contributed by atoms with Crippen LogP contribution in [0.4, 0.5) is 0 Å². The van der Waals surface area contributed by atoms with E-state index in [0.29, 0.717) is 0 Å². The number of carboxylic acid groups (broad SMARTS) is 1. The van der Waals surface area contributed by atoms with E-state index in [4.69, 9.17) is 11.5 Å². The van der Waals surface area contributed by atoms with Gasteiger partial charge in [0.2, 0.25) is 23.6 Å².